The fourth-order valence-corrected chi connectivity index (χ4v) is 3.19. The number of hydrogen-bond acceptors (Lipinski definition) is 4. The number of nitrogens with one attached hydrogen (secondary N) is 1. The third-order valence-corrected chi connectivity index (χ3v) is 4.35. The molecule has 1 N–H and O–H groups in total. The molecule has 1 amide bonds. The quantitative estimate of drug-likeness (QED) is 0.902. The average molecular weight is 291 g/mol. The van der Waals surface area contributed by atoms with Crippen molar-refractivity contribution in [3.63, 3.8) is 0 Å². The number of hydrogen-bond donors (Lipinski definition) is 1. The van der Waals surface area contributed by atoms with E-state index in [0.29, 0.717) is 6.61 Å². The van der Waals surface area contributed by atoms with Crippen molar-refractivity contribution >= 4 is 5.91 Å². The summed E-state index contributed by atoms with van der Waals surface area (Å²) in [5, 5.41) is 7.22. The molecule has 2 fully saturated rings. The molecule has 1 saturated carbocycles. The smallest absolute Gasteiger partial charge is 0.266 e. The van der Waals surface area contributed by atoms with Crippen molar-refractivity contribution in [2.24, 2.45) is 0 Å². The van der Waals surface area contributed by atoms with Crippen LogP contribution >= 0.6 is 0 Å². The SMILES string of the molecule is O=C(NC1CCC(n2ncccc2=O)CC1)C1CCCO1. The zero-order valence-electron chi connectivity index (χ0n) is 12.0. The fourth-order valence-electron chi connectivity index (χ4n) is 3.19. The fraction of sp³-hybridized carbons (Fsp3) is 0.667. The molecule has 0 spiro atoms. The van der Waals surface area contributed by atoms with Crippen molar-refractivity contribution in [1.29, 1.82) is 0 Å². The maximum atomic E-state index is 12.0. The highest BCUT2D eigenvalue weighted by atomic mass is 16.5. The van der Waals surface area contributed by atoms with Crippen molar-refractivity contribution in [3.8, 4) is 0 Å². The number of rotatable bonds is 3. The van der Waals surface area contributed by atoms with Crippen LogP contribution < -0.4 is 10.9 Å². The highest BCUT2D eigenvalue weighted by molar-refractivity contribution is 5.81. The second-order valence-corrected chi connectivity index (χ2v) is 5.82. The third-order valence-electron chi connectivity index (χ3n) is 4.35. The Kier molecular flexibility index (Phi) is 4.34. The molecular formula is C15H21N3O3. The minimum absolute atomic E-state index is 0.0194. The van der Waals surface area contributed by atoms with Crippen molar-refractivity contribution < 1.29 is 9.53 Å². The van der Waals surface area contributed by atoms with Gasteiger partial charge >= 0.3 is 0 Å². The molecule has 1 aromatic rings. The van der Waals surface area contributed by atoms with E-state index in [2.05, 4.69) is 10.4 Å². The van der Waals surface area contributed by atoms with E-state index < -0.39 is 0 Å². The second kappa shape index (κ2) is 6.39. The predicted molar refractivity (Wildman–Crippen MR) is 76.9 cm³/mol. The van der Waals surface area contributed by atoms with Crippen LogP contribution in [0.4, 0.5) is 0 Å². The summed E-state index contributed by atoms with van der Waals surface area (Å²) >= 11 is 0. The molecule has 1 saturated heterocycles. The van der Waals surface area contributed by atoms with Gasteiger partial charge in [-0.2, -0.15) is 5.10 Å². The Balaban J connectivity index is 1.52. The number of ether oxygens (including phenoxy) is 1. The van der Waals surface area contributed by atoms with E-state index in [1.165, 1.54) is 6.07 Å². The normalized spacial score (nSPS) is 29.2. The van der Waals surface area contributed by atoms with E-state index in [1.54, 1.807) is 16.9 Å². The summed E-state index contributed by atoms with van der Waals surface area (Å²) in [6, 6.07) is 3.54. The van der Waals surface area contributed by atoms with E-state index >= 15 is 0 Å². The molecule has 3 rings (SSSR count). The molecule has 0 bridgehead atoms. The molecule has 1 atom stereocenters. The van der Waals surface area contributed by atoms with Crippen LogP contribution in [0.1, 0.15) is 44.6 Å². The largest absolute Gasteiger partial charge is 0.368 e. The molecule has 6 nitrogen and oxygen atoms in total. The van der Waals surface area contributed by atoms with Crippen LogP contribution in [0.5, 0.6) is 0 Å². The van der Waals surface area contributed by atoms with Gasteiger partial charge in [0.2, 0.25) is 5.91 Å². The van der Waals surface area contributed by atoms with Gasteiger partial charge in [-0.3, -0.25) is 9.59 Å². The van der Waals surface area contributed by atoms with Crippen LogP contribution in [0.15, 0.2) is 23.1 Å². The van der Waals surface area contributed by atoms with Gasteiger partial charge in [0, 0.05) is 24.9 Å². The summed E-state index contributed by atoms with van der Waals surface area (Å²) in [7, 11) is 0. The van der Waals surface area contributed by atoms with Crippen molar-refractivity contribution in [2.45, 2.75) is 56.7 Å². The predicted octanol–water partition coefficient (Wildman–Crippen LogP) is 1.02. The standard InChI is InChI=1S/C15H21N3O3/c19-14-4-1-9-16-18(14)12-7-5-11(6-8-12)17-15(20)13-3-2-10-21-13/h1,4,9,11-13H,2-3,5-8,10H2,(H,17,20). The van der Waals surface area contributed by atoms with Crippen LogP contribution in [0, 0.1) is 0 Å². The van der Waals surface area contributed by atoms with E-state index in [1.807, 2.05) is 0 Å². The van der Waals surface area contributed by atoms with Gasteiger partial charge < -0.3 is 10.1 Å². The van der Waals surface area contributed by atoms with E-state index in [-0.39, 0.29) is 29.7 Å². The molecule has 21 heavy (non-hydrogen) atoms. The maximum absolute atomic E-state index is 12.0. The Hall–Kier alpha value is -1.69. The van der Waals surface area contributed by atoms with Gasteiger partial charge in [-0.25, -0.2) is 4.68 Å². The van der Waals surface area contributed by atoms with Gasteiger partial charge in [0.05, 0.1) is 6.04 Å². The summed E-state index contributed by atoms with van der Waals surface area (Å²) in [5.41, 5.74) is -0.0515. The average Bonchev–Trinajstić information content (AvgIpc) is 3.03. The molecule has 2 heterocycles. The molecule has 6 heteroatoms. The van der Waals surface area contributed by atoms with Gasteiger partial charge in [0.15, 0.2) is 0 Å². The number of carbonyl (C=O) groups excluding carboxylic acids is 1. The van der Waals surface area contributed by atoms with E-state index in [0.717, 1.165) is 38.5 Å². The highest BCUT2D eigenvalue weighted by Crippen LogP contribution is 2.27. The molecule has 1 aliphatic carbocycles. The first kappa shape index (κ1) is 14.3. The first-order valence-corrected chi connectivity index (χ1v) is 7.70. The summed E-state index contributed by atoms with van der Waals surface area (Å²) in [4.78, 5) is 23.8. The van der Waals surface area contributed by atoms with Crippen LogP contribution in [-0.4, -0.2) is 34.4 Å². The Morgan fingerprint density at radius 1 is 1.29 bits per heavy atom. The van der Waals surface area contributed by atoms with Crippen LogP contribution in [0.25, 0.3) is 0 Å². The maximum Gasteiger partial charge on any atom is 0.266 e. The molecule has 0 aromatic carbocycles. The number of amides is 1. The molecule has 2 aliphatic rings. The van der Waals surface area contributed by atoms with Crippen molar-refractivity contribution in [1.82, 2.24) is 15.1 Å². The monoisotopic (exact) mass is 291 g/mol. The first-order valence-electron chi connectivity index (χ1n) is 7.70. The molecule has 1 aromatic heterocycles. The number of nitrogens with zero attached hydrogens (tertiary/aromatic N) is 2. The Bertz CT molecular complexity index is 543. The zero-order chi connectivity index (χ0) is 14.7. The lowest BCUT2D eigenvalue weighted by Gasteiger charge is -2.30. The summed E-state index contributed by atoms with van der Waals surface area (Å²) < 4.78 is 6.96. The van der Waals surface area contributed by atoms with Gasteiger partial charge in [0.25, 0.3) is 5.56 Å². The van der Waals surface area contributed by atoms with Crippen LogP contribution in [0.2, 0.25) is 0 Å². The lowest BCUT2D eigenvalue weighted by molar-refractivity contribution is -0.131. The number of aromatic nitrogens is 2. The van der Waals surface area contributed by atoms with E-state index in [9.17, 15) is 9.59 Å². The molecule has 1 aliphatic heterocycles. The lowest BCUT2D eigenvalue weighted by Crippen LogP contribution is -2.43. The van der Waals surface area contributed by atoms with Gasteiger partial charge in [-0.1, -0.05) is 0 Å². The minimum atomic E-state index is -0.263. The molecule has 1 unspecified atom stereocenters. The second-order valence-electron chi connectivity index (χ2n) is 5.82. The lowest BCUT2D eigenvalue weighted by atomic mass is 9.91. The van der Waals surface area contributed by atoms with Crippen LogP contribution in [-0.2, 0) is 9.53 Å². The first-order chi connectivity index (χ1) is 10.2. The molecular weight excluding hydrogens is 270 g/mol. The third kappa shape index (κ3) is 3.32. The van der Waals surface area contributed by atoms with E-state index in [4.69, 9.17) is 4.74 Å². The van der Waals surface area contributed by atoms with Gasteiger partial charge in [-0.15, -0.1) is 0 Å². The van der Waals surface area contributed by atoms with Crippen molar-refractivity contribution in [2.75, 3.05) is 6.61 Å². The van der Waals surface area contributed by atoms with Crippen molar-refractivity contribution in [3.05, 3.63) is 28.7 Å². The topological polar surface area (TPSA) is 73.2 Å². The summed E-state index contributed by atoms with van der Waals surface area (Å²) in [6.07, 6.45) is 6.67. The van der Waals surface area contributed by atoms with Gasteiger partial charge in [0.1, 0.15) is 6.10 Å². The van der Waals surface area contributed by atoms with Crippen LogP contribution in [0.3, 0.4) is 0 Å². The zero-order valence-corrected chi connectivity index (χ0v) is 12.0. The minimum Gasteiger partial charge on any atom is -0.368 e. The summed E-state index contributed by atoms with van der Waals surface area (Å²) in [6.45, 7) is 0.688. The Labute approximate surface area is 123 Å². The highest BCUT2D eigenvalue weighted by Gasteiger charge is 2.28. The van der Waals surface area contributed by atoms with Gasteiger partial charge in [-0.05, 0) is 44.6 Å². The molecule has 0 radical (unpaired) electrons. The Morgan fingerprint density at radius 2 is 2.10 bits per heavy atom. The summed E-state index contributed by atoms with van der Waals surface area (Å²) in [5.74, 6) is 0.0194. The Morgan fingerprint density at radius 3 is 2.76 bits per heavy atom. The number of carbonyl (C=O) groups is 1. The molecule has 114 valence electrons.